The topological polar surface area (TPSA) is 35.5 Å². The summed E-state index contributed by atoms with van der Waals surface area (Å²) >= 11 is 0. The summed E-state index contributed by atoms with van der Waals surface area (Å²) in [6.45, 7) is -0.430. The molecule has 0 N–H and O–H groups in total. The van der Waals surface area contributed by atoms with Crippen LogP contribution in [0.25, 0.3) is 0 Å². The lowest BCUT2D eigenvalue weighted by atomic mass is 9.98. The normalized spacial score (nSPS) is 23.0. The fourth-order valence-electron chi connectivity index (χ4n) is 1.66. The maximum absolute atomic E-state index is 11.9. The molecule has 0 aromatic heterocycles. The van der Waals surface area contributed by atoms with Gasteiger partial charge in [0.05, 0.1) is 6.10 Å². The molecule has 1 atom stereocenters. The van der Waals surface area contributed by atoms with Crippen molar-refractivity contribution < 1.29 is 26.8 Å². The van der Waals surface area contributed by atoms with Crippen LogP contribution in [-0.4, -0.2) is 25.6 Å². The van der Waals surface area contributed by atoms with Crippen LogP contribution in [0.3, 0.4) is 0 Å². The maximum Gasteiger partial charge on any atom is 0.412 e. The minimum Gasteiger partial charge on any atom is -0.305 e. The van der Waals surface area contributed by atoms with Gasteiger partial charge in [0.2, 0.25) is 0 Å². The quantitative estimate of drug-likeness (QED) is 0.722. The molecule has 0 heterocycles. The van der Waals surface area contributed by atoms with E-state index in [0.29, 0.717) is 0 Å². The predicted molar refractivity (Wildman–Crippen MR) is 53.5 cm³/mol. The van der Waals surface area contributed by atoms with Crippen molar-refractivity contribution in [2.45, 2.75) is 44.4 Å². The summed E-state index contributed by atoms with van der Waals surface area (Å²) in [6, 6.07) is 0. The number of hydrogen-bond donors (Lipinski definition) is 0. The van der Waals surface area contributed by atoms with Crippen molar-refractivity contribution in [2.24, 2.45) is 0 Å². The first-order valence-electron chi connectivity index (χ1n) is 5.26. The van der Waals surface area contributed by atoms with Gasteiger partial charge in [0.25, 0.3) is 0 Å². The average molecular weight is 260 g/mol. The third-order valence-corrected chi connectivity index (χ3v) is 3.63. The lowest BCUT2D eigenvalue weighted by Gasteiger charge is -2.25. The van der Waals surface area contributed by atoms with Gasteiger partial charge < -0.3 is 4.52 Å². The molecular formula is C9H16F3O3P. The molecule has 16 heavy (non-hydrogen) atoms. The van der Waals surface area contributed by atoms with Crippen molar-refractivity contribution in [1.29, 1.82) is 0 Å². The summed E-state index contributed by atoms with van der Waals surface area (Å²) in [5, 5.41) is 0. The third-order valence-electron chi connectivity index (χ3n) is 2.36. The Morgan fingerprint density at radius 3 is 2.31 bits per heavy atom. The molecule has 1 unspecified atom stereocenters. The SMILES string of the molecule is CP(=O)(OCC(F)(F)F)OC1CCCCC1. The molecule has 96 valence electrons. The Morgan fingerprint density at radius 1 is 1.25 bits per heavy atom. The molecule has 0 bridgehead atoms. The fourth-order valence-corrected chi connectivity index (χ4v) is 2.86. The molecule has 1 aliphatic carbocycles. The van der Waals surface area contributed by atoms with Crippen LogP contribution in [0, 0.1) is 0 Å². The summed E-state index contributed by atoms with van der Waals surface area (Å²) in [6.07, 6.45) is -0.189. The van der Waals surface area contributed by atoms with E-state index in [1.807, 2.05) is 0 Å². The monoisotopic (exact) mass is 260 g/mol. The van der Waals surface area contributed by atoms with Gasteiger partial charge in [0.15, 0.2) is 6.61 Å². The van der Waals surface area contributed by atoms with E-state index >= 15 is 0 Å². The zero-order valence-electron chi connectivity index (χ0n) is 9.13. The molecule has 1 rings (SSSR count). The van der Waals surface area contributed by atoms with E-state index in [1.165, 1.54) is 0 Å². The van der Waals surface area contributed by atoms with Crippen LogP contribution < -0.4 is 0 Å². The second-order valence-electron chi connectivity index (χ2n) is 4.03. The number of hydrogen-bond acceptors (Lipinski definition) is 3. The predicted octanol–water partition coefficient (Wildman–Crippen LogP) is 3.74. The van der Waals surface area contributed by atoms with Crippen LogP contribution in [0.4, 0.5) is 13.2 Å². The summed E-state index contributed by atoms with van der Waals surface area (Å²) in [7, 11) is -3.58. The lowest BCUT2D eigenvalue weighted by molar-refractivity contribution is -0.155. The smallest absolute Gasteiger partial charge is 0.305 e. The molecule has 3 nitrogen and oxygen atoms in total. The second kappa shape index (κ2) is 5.52. The van der Waals surface area contributed by atoms with Crippen molar-refractivity contribution in [3.8, 4) is 0 Å². The van der Waals surface area contributed by atoms with Gasteiger partial charge in [-0.1, -0.05) is 19.3 Å². The van der Waals surface area contributed by atoms with Gasteiger partial charge in [-0.15, -0.1) is 0 Å². The van der Waals surface area contributed by atoms with Gasteiger partial charge in [-0.3, -0.25) is 9.09 Å². The van der Waals surface area contributed by atoms with Gasteiger partial charge in [-0.05, 0) is 12.8 Å². The summed E-state index contributed by atoms with van der Waals surface area (Å²) in [5.41, 5.74) is 0. The molecule has 0 radical (unpaired) electrons. The molecule has 0 aromatic rings. The van der Waals surface area contributed by atoms with Crippen molar-refractivity contribution in [2.75, 3.05) is 13.3 Å². The molecular weight excluding hydrogens is 244 g/mol. The first-order valence-corrected chi connectivity index (χ1v) is 7.25. The molecule has 1 saturated carbocycles. The van der Waals surface area contributed by atoms with Crippen LogP contribution in [0.5, 0.6) is 0 Å². The summed E-state index contributed by atoms with van der Waals surface area (Å²) < 4.78 is 56.6. The zero-order chi connectivity index (χ0) is 12.2. The Labute approximate surface area is 92.8 Å². The van der Waals surface area contributed by atoms with Gasteiger partial charge >= 0.3 is 13.8 Å². The minimum absolute atomic E-state index is 0.224. The molecule has 0 saturated heterocycles. The van der Waals surface area contributed by atoms with E-state index in [0.717, 1.165) is 38.8 Å². The van der Waals surface area contributed by atoms with Crippen molar-refractivity contribution >= 4 is 7.60 Å². The van der Waals surface area contributed by atoms with Crippen LogP contribution in [-0.2, 0) is 13.6 Å². The van der Waals surface area contributed by atoms with Gasteiger partial charge in [-0.2, -0.15) is 13.2 Å². The summed E-state index contributed by atoms with van der Waals surface area (Å²) in [5.74, 6) is 0. The highest BCUT2D eigenvalue weighted by Gasteiger charge is 2.33. The highest BCUT2D eigenvalue weighted by Crippen LogP contribution is 2.48. The van der Waals surface area contributed by atoms with Crippen LogP contribution in [0.1, 0.15) is 32.1 Å². The largest absolute Gasteiger partial charge is 0.412 e. The van der Waals surface area contributed by atoms with Crippen molar-refractivity contribution in [3.63, 3.8) is 0 Å². The lowest BCUT2D eigenvalue weighted by Crippen LogP contribution is -2.19. The molecule has 1 aliphatic rings. The van der Waals surface area contributed by atoms with Crippen molar-refractivity contribution in [3.05, 3.63) is 0 Å². The first-order chi connectivity index (χ1) is 7.29. The third kappa shape index (κ3) is 5.87. The minimum atomic E-state index is -4.47. The number of halogens is 3. The van der Waals surface area contributed by atoms with E-state index in [-0.39, 0.29) is 6.10 Å². The summed E-state index contributed by atoms with van der Waals surface area (Å²) in [4.78, 5) is 0. The standard InChI is InChI=1S/C9H16F3O3P/c1-16(13,14-7-9(10,11)12)15-8-5-3-2-4-6-8/h8H,2-7H2,1H3. The van der Waals surface area contributed by atoms with Crippen LogP contribution in [0.2, 0.25) is 0 Å². The molecule has 7 heteroatoms. The fraction of sp³-hybridized carbons (Fsp3) is 1.00. The number of alkyl halides is 3. The Hall–Kier alpha value is -0.0600. The van der Waals surface area contributed by atoms with E-state index in [9.17, 15) is 17.7 Å². The van der Waals surface area contributed by atoms with E-state index in [1.54, 1.807) is 0 Å². The van der Waals surface area contributed by atoms with E-state index in [2.05, 4.69) is 4.52 Å². The second-order valence-corrected chi connectivity index (χ2v) is 6.04. The Morgan fingerprint density at radius 2 is 1.81 bits per heavy atom. The van der Waals surface area contributed by atoms with Crippen LogP contribution >= 0.6 is 7.60 Å². The van der Waals surface area contributed by atoms with Crippen LogP contribution in [0.15, 0.2) is 0 Å². The van der Waals surface area contributed by atoms with Gasteiger partial charge in [-0.25, -0.2) is 0 Å². The highest BCUT2D eigenvalue weighted by atomic mass is 31.2. The highest BCUT2D eigenvalue weighted by molar-refractivity contribution is 7.53. The molecule has 1 fully saturated rings. The van der Waals surface area contributed by atoms with E-state index in [4.69, 9.17) is 4.52 Å². The number of rotatable bonds is 4. The molecule has 0 spiro atoms. The average Bonchev–Trinajstić information content (AvgIpc) is 2.15. The Kier molecular flexibility index (Phi) is 4.83. The molecule has 0 aromatic carbocycles. The first kappa shape index (κ1) is 14.0. The molecule has 0 amide bonds. The zero-order valence-corrected chi connectivity index (χ0v) is 10.0. The van der Waals surface area contributed by atoms with E-state index < -0.39 is 20.4 Å². The Balaban J connectivity index is 2.35. The maximum atomic E-state index is 11.9. The molecule has 0 aliphatic heterocycles. The van der Waals surface area contributed by atoms with Crippen molar-refractivity contribution in [1.82, 2.24) is 0 Å². The van der Waals surface area contributed by atoms with Gasteiger partial charge in [0.1, 0.15) is 0 Å². The van der Waals surface area contributed by atoms with Gasteiger partial charge in [0, 0.05) is 6.66 Å². The Bertz CT molecular complexity index is 261.